The van der Waals surface area contributed by atoms with Gasteiger partial charge in [-0.25, -0.2) is 4.79 Å². The molecule has 1 atom stereocenters. The highest BCUT2D eigenvalue weighted by Crippen LogP contribution is 2.37. The number of carbonyl (C=O) groups excluding carboxylic acids is 1. The molecule has 120 valence electrons. The minimum absolute atomic E-state index is 0.0163. The van der Waals surface area contributed by atoms with E-state index in [1.807, 2.05) is 36.4 Å². The number of fused-ring (bicyclic) bond motifs is 1. The van der Waals surface area contributed by atoms with E-state index in [0.29, 0.717) is 18.7 Å². The Kier molecular flexibility index (Phi) is 4.48. The van der Waals surface area contributed by atoms with Crippen molar-refractivity contribution in [3.05, 3.63) is 59.7 Å². The predicted molar refractivity (Wildman–Crippen MR) is 86.4 cm³/mol. The van der Waals surface area contributed by atoms with Crippen LogP contribution in [0.5, 0.6) is 5.75 Å². The molecule has 5 nitrogen and oxygen atoms in total. The maximum atomic E-state index is 12.5. The van der Waals surface area contributed by atoms with Gasteiger partial charge in [0.05, 0.1) is 5.69 Å². The molecule has 0 spiro atoms. The molecule has 0 saturated heterocycles. The maximum absolute atomic E-state index is 12.5. The summed E-state index contributed by atoms with van der Waals surface area (Å²) < 4.78 is 5.37. The Morgan fingerprint density at radius 2 is 1.96 bits per heavy atom. The van der Waals surface area contributed by atoms with E-state index in [4.69, 9.17) is 4.74 Å². The van der Waals surface area contributed by atoms with Gasteiger partial charge < -0.3 is 14.9 Å². The molecule has 2 N–H and O–H groups in total. The van der Waals surface area contributed by atoms with Crippen molar-refractivity contribution in [3.8, 4) is 5.75 Å². The van der Waals surface area contributed by atoms with Crippen molar-refractivity contribution in [1.82, 2.24) is 0 Å². The summed E-state index contributed by atoms with van der Waals surface area (Å²) in [5.74, 6) is -0.0101. The molecule has 1 unspecified atom stereocenters. The van der Waals surface area contributed by atoms with Gasteiger partial charge in [-0.3, -0.25) is 4.90 Å². The molecule has 0 radical (unpaired) electrons. The molecule has 2 aromatic rings. The van der Waals surface area contributed by atoms with Crippen LogP contribution in [-0.2, 0) is 17.8 Å². The smallest absolute Gasteiger partial charge is 0.414 e. The van der Waals surface area contributed by atoms with Crippen molar-refractivity contribution in [1.29, 1.82) is 0 Å². The van der Waals surface area contributed by atoms with Gasteiger partial charge in [0.1, 0.15) is 12.4 Å². The molecule has 2 aromatic carbocycles. The highest BCUT2D eigenvalue weighted by Gasteiger charge is 2.31. The van der Waals surface area contributed by atoms with E-state index in [1.54, 1.807) is 12.1 Å². The molecule has 1 amide bonds. The summed E-state index contributed by atoms with van der Waals surface area (Å²) in [5, 5.41) is 19.6. The van der Waals surface area contributed by atoms with Gasteiger partial charge in [0.25, 0.3) is 0 Å². The Morgan fingerprint density at radius 3 is 2.70 bits per heavy atom. The van der Waals surface area contributed by atoms with Crippen molar-refractivity contribution in [2.24, 2.45) is 5.92 Å². The average Bonchev–Trinajstić information content (AvgIpc) is 2.59. The molecule has 5 heteroatoms. The summed E-state index contributed by atoms with van der Waals surface area (Å²) in [6.07, 6.45) is 0.109. The number of phenolic OH excluding ortho intramolecular Hbond substituents is 1. The zero-order valence-electron chi connectivity index (χ0n) is 12.7. The zero-order chi connectivity index (χ0) is 16.2. The molecule has 0 bridgehead atoms. The van der Waals surface area contributed by atoms with Gasteiger partial charge in [-0.2, -0.15) is 0 Å². The maximum Gasteiger partial charge on any atom is 0.414 e. The van der Waals surface area contributed by atoms with Gasteiger partial charge in [0.15, 0.2) is 0 Å². The van der Waals surface area contributed by atoms with E-state index in [-0.39, 0.29) is 24.9 Å². The summed E-state index contributed by atoms with van der Waals surface area (Å²) in [6.45, 7) is 0.481. The number of para-hydroxylation sites is 1. The lowest BCUT2D eigenvalue weighted by molar-refractivity contribution is 0.142. The number of rotatable bonds is 3. The van der Waals surface area contributed by atoms with Crippen molar-refractivity contribution in [2.45, 2.75) is 13.0 Å². The lowest BCUT2D eigenvalue weighted by atomic mass is 9.93. The third-order valence-electron chi connectivity index (χ3n) is 4.00. The number of aliphatic hydroxyl groups is 1. The molecular formula is C18H19NO4. The molecule has 3 rings (SSSR count). The van der Waals surface area contributed by atoms with Crippen molar-refractivity contribution in [3.63, 3.8) is 0 Å². The van der Waals surface area contributed by atoms with Crippen LogP contribution in [0.2, 0.25) is 0 Å². The van der Waals surface area contributed by atoms with Crippen LogP contribution >= 0.6 is 0 Å². The molecule has 1 aliphatic heterocycles. The van der Waals surface area contributed by atoms with Crippen LogP contribution < -0.4 is 4.90 Å². The number of phenols is 1. The highest BCUT2D eigenvalue weighted by molar-refractivity contribution is 5.91. The van der Waals surface area contributed by atoms with Gasteiger partial charge in [-0.15, -0.1) is 0 Å². The number of ether oxygens (including phenoxy) is 1. The first-order valence-electron chi connectivity index (χ1n) is 7.59. The average molecular weight is 313 g/mol. The van der Waals surface area contributed by atoms with Gasteiger partial charge >= 0.3 is 6.09 Å². The van der Waals surface area contributed by atoms with Crippen molar-refractivity contribution < 1.29 is 19.7 Å². The van der Waals surface area contributed by atoms with Crippen LogP contribution in [-0.4, -0.2) is 29.5 Å². The number of hydrogen-bond acceptors (Lipinski definition) is 4. The van der Waals surface area contributed by atoms with E-state index in [2.05, 4.69) is 0 Å². The van der Waals surface area contributed by atoms with Gasteiger partial charge in [-0.1, -0.05) is 42.5 Å². The number of aliphatic hydroxyl groups excluding tert-OH is 1. The van der Waals surface area contributed by atoms with Crippen LogP contribution in [0.3, 0.4) is 0 Å². The van der Waals surface area contributed by atoms with Gasteiger partial charge in [0.2, 0.25) is 0 Å². The monoisotopic (exact) mass is 313 g/mol. The molecule has 0 aromatic heterocycles. The number of carbonyl (C=O) groups is 1. The van der Waals surface area contributed by atoms with Crippen molar-refractivity contribution in [2.75, 3.05) is 18.1 Å². The molecular weight excluding hydrogens is 294 g/mol. The second-order valence-electron chi connectivity index (χ2n) is 5.69. The van der Waals surface area contributed by atoms with E-state index in [9.17, 15) is 15.0 Å². The Hall–Kier alpha value is -2.53. The van der Waals surface area contributed by atoms with E-state index in [0.717, 1.165) is 11.1 Å². The number of benzene rings is 2. The number of hydrogen-bond donors (Lipinski definition) is 2. The SMILES string of the molecule is O=C(OCc1ccccc1)N1CC(CO)Cc2cccc(O)c21. The lowest BCUT2D eigenvalue weighted by Gasteiger charge is -2.33. The summed E-state index contributed by atoms with van der Waals surface area (Å²) >= 11 is 0. The van der Waals surface area contributed by atoms with Gasteiger partial charge in [-0.05, 0) is 23.6 Å². The number of aromatic hydroxyl groups is 1. The van der Waals surface area contributed by atoms with Crippen LogP contribution in [0, 0.1) is 5.92 Å². The molecule has 0 aliphatic carbocycles. The Balaban J connectivity index is 1.79. The van der Waals surface area contributed by atoms with E-state index in [1.165, 1.54) is 4.90 Å². The van der Waals surface area contributed by atoms with Crippen LogP contribution in [0.4, 0.5) is 10.5 Å². The first-order chi connectivity index (χ1) is 11.2. The summed E-state index contributed by atoms with van der Waals surface area (Å²) in [4.78, 5) is 13.9. The number of anilines is 1. The van der Waals surface area contributed by atoms with E-state index < -0.39 is 6.09 Å². The second-order valence-corrected chi connectivity index (χ2v) is 5.69. The van der Waals surface area contributed by atoms with Gasteiger partial charge in [0, 0.05) is 19.1 Å². The number of nitrogens with zero attached hydrogens (tertiary/aromatic N) is 1. The van der Waals surface area contributed by atoms with Crippen LogP contribution in [0.1, 0.15) is 11.1 Å². The third-order valence-corrected chi connectivity index (χ3v) is 4.00. The Morgan fingerprint density at radius 1 is 1.17 bits per heavy atom. The highest BCUT2D eigenvalue weighted by atomic mass is 16.6. The normalized spacial score (nSPS) is 16.7. The molecule has 1 heterocycles. The molecule has 0 fully saturated rings. The van der Waals surface area contributed by atoms with Crippen LogP contribution in [0.15, 0.2) is 48.5 Å². The quantitative estimate of drug-likeness (QED) is 0.914. The minimum Gasteiger partial charge on any atom is -0.506 e. The fourth-order valence-corrected chi connectivity index (χ4v) is 2.86. The molecule has 0 saturated carbocycles. The second kappa shape index (κ2) is 6.71. The molecule has 1 aliphatic rings. The largest absolute Gasteiger partial charge is 0.506 e. The van der Waals surface area contributed by atoms with E-state index >= 15 is 0 Å². The first-order valence-corrected chi connectivity index (χ1v) is 7.59. The predicted octanol–water partition coefficient (Wildman–Crippen LogP) is 2.70. The summed E-state index contributed by atoms with van der Waals surface area (Å²) in [7, 11) is 0. The topological polar surface area (TPSA) is 70.0 Å². The molecule has 23 heavy (non-hydrogen) atoms. The first kappa shape index (κ1) is 15.4. The standard InChI is InChI=1S/C18H19NO4/c20-11-14-9-15-7-4-8-16(21)17(15)19(10-14)18(22)23-12-13-5-2-1-3-6-13/h1-8,14,20-21H,9-12H2. The summed E-state index contributed by atoms with van der Waals surface area (Å²) in [5.41, 5.74) is 2.22. The lowest BCUT2D eigenvalue weighted by Crippen LogP contribution is -2.41. The zero-order valence-corrected chi connectivity index (χ0v) is 12.7. The van der Waals surface area contributed by atoms with Crippen LogP contribution in [0.25, 0.3) is 0 Å². The minimum atomic E-state index is -0.519. The number of amides is 1. The fourth-order valence-electron chi connectivity index (χ4n) is 2.86. The van der Waals surface area contributed by atoms with Crippen molar-refractivity contribution >= 4 is 11.8 Å². The fraction of sp³-hybridized carbons (Fsp3) is 0.278. The Labute approximate surface area is 134 Å². The third kappa shape index (κ3) is 3.29. The Bertz CT molecular complexity index is 687. The summed E-state index contributed by atoms with van der Waals surface area (Å²) in [6, 6.07) is 14.6.